The summed E-state index contributed by atoms with van der Waals surface area (Å²) in [5.41, 5.74) is 7.31. The smallest absolute Gasteiger partial charge is 0.252 e. The maximum absolute atomic E-state index is 13.3. The molecule has 24 heavy (non-hydrogen) atoms. The average Bonchev–Trinajstić information content (AvgIpc) is 2.61. The molecule has 6 heteroatoms. The highest BCUT2D eigenvalue weighted by molar-refractivity contribution is 5.98. The molecule has 1 aromatic carbocycles. The average molecular weight is 329 g/mol. The van der Waals surface area contributed by atoms with Gasteiger partial charge in [0.1, 0.15) is 5.82 Å². The third-order valence-corrected chi connectivity index (χ3v) is 4.61. The Labute approximate surface area is 140 Å². The molecule has 2 heterocycles. The molecule has 0 radical (unpaired) electrons. The fourth-order valence-electron chi connectivity index (χ4n) is 3.14. The minimum atomic E-state index is -0.520. The number of nitrogens with one attached hydrogen (secondary N) is 1. The molecule has 0 atom stereocenters. The molecular weight excluding hydrogens is 309 g/mol. The van der Waals surface area contributed by atoms with Crippen molar-refractivity contribution in [3.63, 3.8) is 0 Å². The van der Waals surface area contributed by atoms with Gasteiger partial charge in [-0.15, -0.1) is 0 Å². The summed E-state index contributed by atoms with van der Waals surface area (Å²) in [5.74, 6) is -0.771. The number of hydrogen-bond acceptors (Lipinski definition) is 4. The van der Waals surface area contributed by atoms with Gasteiger partial charge in [-0.2, -0.15) is 0 Å². The molecule has 3 rings (SSSR count). The topological polar surface area (TPSA) is 77.2 Å². The Morgan fingerprint density at radius 1 is 1.25 bits per heavy atom. The molecule has 0 saturated carbocycles. The van der Waals surface area contributed by atoms with Crippen LogP contribution in [0.5, 0.6) is 0 Å². The van der Waals surface area contributed by atoms with Crippen LogP contribution >= 0.6 is 0 Å². The van der Waals surface area contributed by atoms with Crippen molar-refractivity contribution >= 4 is 11.6 Å². The van der Waals surface area contributed by atoms with Gasteiger partial charge in [0.05, 0.1) is 11.3 Å². The predicted molar refractivity (Wildman–Crippen MR) is 89.4 cm³/mol. The van der Waals surface area contributed by atoms with Crippen molar-refractivity contribution in [2.75, 3.05) is 25.1 Å². The first-order chi connectivity index (χ1) is 11.6. The van der Waals surface area contributed by atoms with Gasteiger partial charge in [-0.25, -0.2) is 4.39 Å². The predicted octanol–water partition coefficient (Wildman–Crippen LogP) is 2.48. The number of nitrogens with zero attached hydrogens (tertiary/aromatic N) is 1. The van der Waals surface area contributed by atoms with Crippen LogP contribution in [0.4, 0.5) is 10.1 Å². The molecule has 1 aromatic heterocycles. The number of pyridine rings is 1. The molecule has 0 bridgehead atoms. The summed E-state index contributed by atoms with van der Waals surface area (Å²) in [4.78, 5) is 15.5. The van der Waals surface area contributed by atoms with Crippen LogP contribution in [0.1, 0.15) is 28.8 Å². The van der Waals surface area contributed by atoms with Crippen molar-refractivity contribution in [2.24, 2.45) is 5.73 Å². The van der Waals surface area contributed by atoms with Gasteiger partial charge in [0.2, 0.25) is 0 Å². The van der Waals surface area contributed by atoms with Crippen LogP contribution in [0, 0.1) is 5.82 Å². The van der Waals surface area contributed by atoms with E-state index in [0.29, 0.717) is 31.0 Å². The zero-order valence-corrected chi connectivity index (χ0v) is 13.3. The van der Waals surface area contributed by atoms with E-state index >= 15 is 0 Å². The van der Waals surface area contributed by atoms with Gasteiger partial charge in [0.15, 0.2) is 0 Å². The van der Waals surface area contributed by atoms with E-state index in [2.05, 4.69) is 10.3 Å². The quantitative estimate of drug-likeness (QED) is 0.883. The van der Waals surface area contributed by atoms with Crippen LogP contribution in [0.2, 0.25) is 0 Å². The number of nitrogens with two attached hydrogens (primary N) is 1. The second-order valence-corrected chi connectivity index (χ2v) is 6.04. The number of rotatable bonds is 5. The highest BCUT2D eigenvalue weighted by Gasteiger charge is 2.34. The van der Waals surface area contributed by atoms with Gasteiger partial charge < -0.3 is 15.8 Å². The summed E-state index contributed by atoms with van der Waals surface area (Å²) in [7, 11) is 0. The molecule has 1 fully saturated rings. The molecule has 0 unspecified atom stereocenters. The Bertz CT molecular complexity index is 712. The van der Waals surface area contributed by atoms with Gasteiger partial charge in [-0.05, 0) is 36.6 Å². The lowest BCUT2D eigenvalue weighted by Crippen LogP contribution is -2.40. The van der Waals surface area contributed by atoms with Gasteiger partial charge >= 0.3 is 0 Å². The van der Waals surface area contributed by atoms with Crippen LogP contribution in [-0.4, -0.2) is 30.6 Å². The van der Waals surface area contributed by atoms with Crippen LogP contribution in [0.15, 0.2) is 42.7 Å². The minimum Gasteiger partial charge on any atom is -0.383 e. The minimum absolute atomic E-state index is 0.176. The number of anilines is 1. The molecule has 126 valence electrons. The number of halogens is 1. The fourth-order valence-corrected chi connectivity index (χ4v) is 3.14. The maximum Gasteiger partial charge on any atom is 0.252 e. The Morgan fingerprint density at radius 3 is 2.62 bits per heavy atom. The summed E-state index contributed by atoms with van der Waals surface area (Å²) >= 11 is 0. The molecule has 3 N–H and O–H groups in total. The third kappa shape index (κ3) is 3.38. The molecule has 1 amide bonds. The number of hydrogen-bond donors (Lipinski definition) is 2. The second-order valence-electron chi connectivity index (χ2n) is 6.04. The molecule has 1 saturated heterocycles. The van der Waals surface area contributed by atoms with Crippen LogP contribution in [-0.2, 0) is 10.2 Å². The van der Waals surface area contributed by atoms with E-state index in [0.717, 1.165) is 18.4 Å². The largest absolute Gasteiger partial charge is 0.383 e. The lowest BCUT2D eigenvalue weighted by atomic mass is 9.74. The van der Waals surface area contributed by atoms with Crippen molar-refractivity contribution in [1.82, 2.24) is 4.98 Å². The van der Waals surface area contributed by atoms with E-state index in [9.17, 15) is 9.18 Å². The summed E-state index contributed by atoms with van der Waals surface area (Å²) in [6.45, 7) is 1.91. The standard InChI is InChI=1S/C18H20FN3O2/c19-14-3-1-13(2-4-14)18(6-9-24-10-7-18)12-22-16-5-8-21-11-15(16)17(20)23/h1-5,8,11H,6-7,9-10,12H2,(H2,20,23)(H,21,22). The summed E-state index contributed by atoms with van der Waals surface area (Å²) in [6.07, 6.45) is 4.72. The zero-order chi connectivity index (χ0) is 17.0. The summed E-state index contributed by atoms with van der Waals surface area (Å²) < 4.78 is 18.8. The van der Waals surface area contributed by atoms with Crippen LogP contribution < -0.4 is 11.1 Å². The Morgan fingerprint density at radius 2 is 1.96 bits per heavy atom. The molecule has 1 aliphatic heterocycles. The molecular formula is C18H20FN3O2. The van der Waals surface area contributed by atoms with E-state index in [1.54, 1.807) is 12.3 Å². The van der Waals surface area contributed by atoms with E-state index in [1.165, 1.54) is 18.3 Å². The molecule has 0 spiro atoms. The molecule has 2 aromatic rings. The van der Waals surface area contributed by atoms with Crippen LogP contribution in [0.3, 0.4) is 0 Å². The number of aromatic nitrogens is 1. The van der Waals surface area contributed by atoms with Crippen molar-refractivity contribution < 1.29 is 13.9 Å². The fraction of sp³-hybridized carbons (Fsp3) is 0.333. The molecule has 0 aliphatic carbocycles. The maximum atomic E-state index is 13.3. The van der Waals surface area contributed by atoms with Crippen LogP contribution in [0.25, 0.3) is 0 Å². The summed E-state index contributed by atoms with van der Waals surface area (Å²) in [6, 6.07) is 8.34. The van der Waals surface area contributed by atoms with E-state index < -0.39 is 5.91 Å². The lowest BCUT2D eigenvalue weighted by molar-refractivity contribution is 0.0543. The lowest BCUT2D eigenvalue weighted by Gasteiger charge is -2.38. The van der Waals surface area contributed by atoms with E-state index in [1.807, 2.05) is 12.1 Å². The first-order valence-electron chi connectivity index (χ1n) is 7.92. The Balaban J connectivity index is 1.86. The first-order valence-corrected chi connectivity index (χ1v) is 7.92. The van der Waals surface area contributed by atoms with Gasteiger partial charge in [0, 0.05) is 37.6 Å². The normalized spacial score (nSPS) is 16.5. The highest BCUT2D eigenvalue weighted by atomic mass is 19.1. The number of carbonyl (C=O) groups is 1. The zero-order valence-electron chi connectivity index (χ0n) is 13.3. The van der Waals surface area contributed by atoms with Crippen molar-refractivity contribution in [1.29, 1.82) is 0 Å². The highest BCUT2D eigenvalue weighted by Crippen LogP contribution is 2.35. The van der Waals surface area contributed by atoms with E-state index in [-0.39, 0.29) is 11.2 Å². The number of benzene rings is 1. The number of amides is 1. The molecule has 1 aliphatic rings. The Hall–Kier alpha value is -2.47. The summed E-state index contributed by atoms with van der Waals surface area (Å²) in [5, 5.41) is 3.33. The number of ether oxygens (including phenoxy) is 1. The van der Waals surface area contributed by atoms with Crippen molar-refractivity contribution in [2.45, 2.75) is 18.3 Å². The Kier molecular flexibility index (Phi) is 4.76. The molecule has 5 nitrogen and oxygen atoms in total. The second kappa shape index (κ2) is 6.97. The number of primary amides is 1. The van der Waals surface area contributed by atoms with Crippen molar-refractivity contribution in [3.05, 3.63) is 59.7 Å². The first kappa shape index (κ1) is 16.4. The van der Waals surface area contributed by atoms with Gasteiger partial charge in [-0.3, -0.25) is 9.78 Å². The van der Waals surface area contributed by atoms with E-state index in [4.69, 9.17) is 10.5 Å². The third-order valence-electron chi connectivity index (χ3n) is 4.61. The van der Waals surface area contributed by atoms with Gasteiger partial charge in [0.25, 0.3) is 5.91 Å². The monoisotopic (exact) mass is 329 g/mol. The van der Waals surface area contributed by atoms with Gasteiger partial charge in [-0.1, -0.05) is 12.1 Å². The van der Waals surface area contributed by atoms with Crippen molar-refractivity contribution in [3.8, 4) is 0 Å². The number of carbonyl (C=O) groups excluding carboxylic acids is 1. The SMILES string of the molecule is NC(=O)c1cnccc1NCC1(c2ccc(F)cc2)CCOCC1.